The molecule has 1 amide bonds. The highest BCUT2D eigenvalue weighted by molar-refractivity contribution is 5.94. The van der Waals surface area contributed by atoms with E-state index in [-0.39, 0.29) is 17.8 Å². The Kier molecular flexibility index (Phi) is 5.10. The molecular weight excluding hydrogens is 319 g/mol. The van der Waals surface area contributed by atoms with Crippen molar-refractivity contribution in [2.24, 2.45) is 5.16 Å². The SMILES string of the molecule is C#Cc1cccc(C(=O)NC[C@@H]2CC(Cc3ccc(F)cc3)=NO2)c1. The minimum atomic E-state index is -0.261. The van der Waals surface area contributed by atoms with Crippen LogP contribution in [0.4, 0.5) is 4.39 Å². The average molecular weight is 336 g/mol. The summed E-state index contributed by atoms with van der Waals surface area (Å²) in [6.07, 6.45) is 6.38. The monoisotopic (exact) mass is 336 g/mol. The minimum Gasteiger partial charge on any atom is -0.390 e. The van der Waals surface area contributed by atoms with Crippen LogP contribution in [0.1, 0.15) is 27.9 Å². The zero-order chi connectivity index (χ0) is 17.6. The molecule has 25 heavy (non-hydrogen) atoms. The lowest BCUT2D eigenvalue weighted by atomic mass is 10.0. The van der Waals surface area contributed by atoms with Crippen LogP contribution in [0, 0.1) is 18.2 Å². The third kappa shape index (κ3) is 4.45. The Morgan fingerprint density at radius 1 is 1.32 bits per heavy atom. The van der Waals surface area contributed by atoms with Crippen molar-refractivity contribution in [1.82, 2.24) is 5.32 Å². The topological polar surface area (TPSA) is 50.7 Å². The molecule has 1 aliphatic rings. The first-order chi connectivity index (χ1) is 12.1. The lowest BCUT2D eigenvalue weighted by Gasteiger charge is -2.10. The maximum atomic E-state index is 12.9. The summed E-state index contributed by atoms with van der Waals surface area (Å²) >= 11 is 0. The molecule has 0 fully saturated rings. The molecule has 0 bridgehead atoms. The molecule has 126 valence electrons. The van der Waals surface area contributed by atoms with E-state index in [0.717, 1.165) is 11.3 Å². The number of nitrogens with one attached hydrogen (secondary N) is 1. The number of carbonyl (C=O) groups is 1. The summed E-state index contributed by atoms with van der Waals surface area (Å²) in [5.41, 5.74) is 3.02. The summed E-state index contributed by atoms with van der Waals surface area (Å²) in [4.78, 5) is 17.5. The van der Waals surface area contributed by atoms with E-state index in [1.54, 1.807) is 36.4 Å². The zero-order valence-electron chi connectivity index (χ0n) is 13.5. The molecule has 4 nitrogen and oxygen atoms in total. The number of rotatable bonds is 5. The Morgan fingerprint density at radius 3 is 2.88 bits per heavy atom. The fourth-order valence-electron chi connectivity index (χ4n) is 2.60. The van der Waals surface area contributed by atoms with Crippen molar-refractivity contribution in [3.8, 4) is 12.3 Å². The van der Waals surface area contributed by atoms with Gasteiger partial charge in [0.15, 0.2) is 0 Å². The van der Waals surface area contributed by atoms with Gasteiger partial charge in [-0.3, -0.25) is 4.79 Å². The van der Waals surface area contributed by atoms with Crippen LogP contribution < -0.4 is 5.32 Å². The highest BCUT2D eigenvalue weighted by atomic mass is 19.1. The average Bonchev–Trinajstić information content (AvgIpc) is 3.09. The standard InChI is InChI=1S/C20H17FN2O2/c1-2-14-4-3-5-16(10-14)20(24)22-13-19-12-18(23-25-19)11-15-6-8-17(21)9-7-15/h1,3-10,19H,11-13H2,(H,22,24)/t19-/m0/s1. The molecule has 0 unspecified atom stereocenters. The van der Waals surface area contributed by atoms with Crippen molar-refractivity contribution in [3.05, 3.63) is 71.0 Å². The summed E-state index contributed by atoms with van der Waals surface area (Å²) in [5, 5.41) is 6.89. The van der Waals surface area contributed by atoms with E-state index in [1.165, 1.54) is 12.1 Å². The van der Waals surface area contributed by atoms with Gasteiger partial charge in [0.25, 0.3) is 5.91 Å². The first-order valence-corrected chi connectivity index (χ1v) is 7.95. The van der Waals surface area contributed by atoms with Gasteiger partial charge in [0.1, 0.15) is 11.9 Å². The number of amides is 1. The van der Waals surface area contributed by atoms with Crippen LogP contribution in [0.25, 0.3) is 0 Å². The Bertz CT molecular complexity index is 838. The van der Waals surface area contributed by atoms with E-state index in [9.17, 15) is 9.18 Å². The molecule has 0 aliphatic carbocycles. The number of hydrogen-bond donors (Lipinski definition) is 1. The van der Waals surface area contributed by atoms with Gasteiger partial charge in [-0.05, 0) is 35.9 Å². The van der Waals surface area contributed by atoms with E-state index in [2.05, 4.69) is 16.4 Å². The first kappa shape index (κ1) is 16.7. The minimum absolute atomic E-state index is 0.199. The molecule has 0 aromatic heterocycles. The predicted molar refractivity (Wildman–Crippen MR) is 93.7 cm³/mol. The third-order valence-corrected chi connectivity index (χ3v) is 3.90. The van der Waals surface area contributed by atoms with Crippen molar-refractivity contribution in [3.63, 3.8) is 0 Å². The molecule has 0 spiro atoms. The number of terminal acetylenes is 1. The van der Waals surface area contributed by atoms with Gasteiger partial charge in [-0.25, -0.2) is 4.39 Å². The molecule has 1 aliphatic heterocycles. The van der Waals surface area contributed by atoms with Crippen LogP contribution in [0.3, 0.4) is 0 Å². The molecule has 0 saturated carbocycles. The van der Waals surface area contributed by atoms with Gasteiger partial charge in [-0.1, -0.05) is 29.3 Å². The van der Waals surface area contributed by atoms with Crippen LogP contribution in [0.15, 0.2) is 53.7 Å². The molecule has 1 heterocycles. The zero-order valence-corrected chi connectivity index (χ0v) is 13.5. The summed E-state index contributed by atoms with van der Waals surface area (Å²) in [6.45, 7) is 0.357. The smallest absolute Gasteiger partial charge is 0.251 e. The van der Waals surface area contributed by atoms with Gasteiger partial charge >= 0.3 is 0 Å². The van der Waals surface area contributed by atoms with Crippen LogP contribution >= 0.6 is 0 Å². The second-order valence-electron chi connectivity index (χ2n) is 5.83. The molecule has 5 heteroatoms. The van der Waals surface area contributed by atoms with E-state index in [0.29, 0.717) is 30.5 Å². The second-order valence-corrected chi connectivity index (χ2v) is 5.83. The molecular formula is C20H17FN2O2. The van der Waals surface area contributed by atoms with E-state index >= 15 is 0 Å². The second kappa shape index (κ2) is 7.63. The number of hydrogen-bond acceptors (Lipinski definition) is 3. The van der Waals surface area contributed by atoms with Gasteiger partial charge in [-0.2, -0.15) is 0 Å². The fraction of sp³-hybridized carbons (Fsp3) is 0.200. The van der Waals surface area contributed by atoms with Gasteiger partial charge < -0.3 is 10.2 Å². The Balaban J connectivity index is 1.48. The van der Waals surface area contributed by atoms with Crippen LogP contribution in [0.5, 0.6) is 0 Å². The van der Waals surface area contributed by atoms with Crippen LogP contribution in [-0.4, -0.2) is 24.3 Å². The number of benzene rings is 2. The van der Waals surface area contributed by atoms with Gasteiger partial charge in [-0.15, -0.1) is 6.42 Å². The van der Waals surface area contributed by atoms with Gasteiger partial charge in [0, 0.05) is 24.0 Å². The number of carbonyl (C=O) groups excluding carboxylic acids is 1. The highest BCUT2D eigenvalue weighted by Crippen LogP contribution is 2.15. The molecule has 1 N–H and O–H groups in total. The molecule has 1 atom stereocenters. The van der Waals surface area contributed by atoms with E-state index < -0.39 is 0 Å². The summed E-state index contributed by atoms with van der Waals surface area (Å²) < 4.78 is 12.9. The third-order valence-electron chi connectivity index (χ3n) is 3.90. The van der Waals surface area contributed by atoms with Gasteiger partial charge in [0.05, 0.1) is 12.3 Å². The fourth-order valence-corrected chi connectivity index (χ4v) is 2.60. The maximum Gasteiger partial charge on any atom is 0.251 e. The van der Waals surface area contributed by atoms with Gasteiger partial charge in [0.2, 0.25) is 0 Å². The highest BCUT2D eigenvalue weighted by Gasteiger charge is 2.22. The van der Waals surface area contributed by atoms with Crippen LogP contribution in [-0.2, 0) is 11.3 Å². The molecule has 2 aromatic carbocycles. The Labute approximate surface area is 145 Å². The number of halogens is 1. The lowest BCUT2D eigenvalue weighted by molar-refractivity contribution is 0.0753. The normalized spacial score (nSPS) is 15.8. The molecule has 0 saturated heterocycles. The van der Waals surface area contributed by atoms with Crippen LogP contribution in [0.2, 0.25) is 0 Å². The van der Waals surface area contributed by atoms with Crippen molar-refractivity contribution < 1.29 is 14.0 Å². The van der Waals surface area contributed by atoms with Crippen molar-refractivity contribution >= 4 is 11.6 Å². The number of oxime groups is 1. The number of nitrogens with zero attached hydrogens (tertiary/aromatic N) is 1. The maximum absolute atomic E-state index is 12.9. The summed E-state index contributed by atoms with van der Waals surface area (Å²) in [5.74, 6) is 2.04. The molecule has 2 aromatic rings. The Hall–Kier alpha value is -3.13. The summed E-state index contributed by atoms with van der Waals surface area (Å²) in [6, 6.07) is 13.2. The predicted octanol–water partition coefficient (Wildman–Crippen LogP) is 2.92. The lowest BCUT2D eigenvalue weighted by Crippen LogP contribution is -2.32. The largest absolute Gasteiger partial charge is 0.390 e. The molecule has 3 rings (SSSR count). The van der Waals surface area contributed by atoms with Crippen molar-refractivity contribution in [2.75, 3.05) is 6.54 Å². The molecule has 0 radical (unpaired) electrons. The van der Waals surface area contributed by atoms with E-state index in [4.69, 9.17) is 11.3 Å². The first-order valence-electron chi connectivity index (χ1n) is 7.95. The summed E-state index contributed by atoms with van der Waals surface area (Å²) in [7, 11) is 0. The van der Waals surface area contributed by atoms with Crippen molar-refractivity contribution in [1.29, 1.82) is 0 Å². The Morgan fingerprint density at radius 2 is 2.12 bits per heavy atom. The van der Waals surface area contributed by atoms with Crippen molar-refractivity contribution in [2.45, 2.75) is 18.9 Å². The van der Waals surface area contributed by atoms with E-state index in [1.807, 2.05) is 0 Å². The quantitative estimate of drug-likeness (QED) is 0.854.